The number of Topliss-reactive ketones (excluding diaryl/α,β-unsaturated/α-hetero) is 1. The van der Waals surface area contributed by atoms with Gasteiger partial charge in [-0.2, -0.15) is 10.1 Å². The third-order valence-electron chi connectivity index (χ3n) is 5.99. The number of aromatic nitrogens is 3. The molecule has 0 saturated carbocycles. The third-order valence-corrected chi connectivity index (χ3v) is 5.99. The van der Waals surface area contributed by atoms with Crippen LogP contribution in [-0.2, 0) is 4.79 Å². The molecule has 0 amide bonds. The maximum Gasteiger partial charge on any atom is 0.226 e. The zero-order valence-corrected chi connectivity index (χ0v) is 18.0. The van der Waals surface area contributed by atoms with Crippen molar-refractivity contribution in [3.63, 3.8) is 0 Å². The van der Waals surface area contributed by atoms with E-state index in [1.807, 2.05) is 36.4 Å². The molecular formula is C25H24N4O3. The van der Waals surface area contributed by atoms with Crippen molar-refractivity contribution in [3.8, 4) is 11.5 Å². The standard InChI is InChI=1S/C25H24N4O3/c1-31-18-10-11-19(22(14-18)32-2)24-23-20(28-25-26-15-27-29(24)25)12-17(13-21(23)30)9-8-16-6-4-3-5-7-16/h3-11,14-15,17,24H,12-13H2,1-2H3,(H,26,27,28)/b9-8+/t17-,24+/m0/s1. The zero-order chi connectivity index (χ0) is 22.1. The van der Waals surface area contributed by atoms with Crippen LogP contribution < -0.4 is 14.8 Å². The van der Waals surface area contributed by atoms with E-state index in [4.69, 9.17) is 9.47 Å². The number of allylic oxidation sites excluding steroid dienone is 3. The molecule has 0 radical (unpaired) electrons. The minimum absolute atomic E-state index is 0.102. The Hall–Kier alpha value is -3.87. The molecule has 2 heterocycles. The summed E-state index contributed by atoms with van der Waals surface area (Å²) in [4.78, 5) is 17.8. The Morgan fingerprint density at radius 2 is 1.94 bits per heavy atom. The Balaban J connectivity index is 1.54. The molecule has 1 aliphatic carbocycles. The number of carbonyl (C=O) groups is 1. The van der Waals surface area contributed by atoms with Gasteiger partial charge in [-0.15, -0.1) is 0 Å². The van der Waals surface area contributed by atoms with Gasteiger partial charge in [-0.3, -0.25) is 4.79 Å². The summed E-state index contributed by atoms with van der Waals surface area (Å²) < 4.78 is 12.7. The minimum atomic E-state index is -0.406. The lowest BCUT2D eigenvalue weighted by Crippen LogP contribution is -2.33. The summed E-state index contributed by atoms with van der Waals surface area (Å²) in [5, 5.41) is 7.75. The van der Waals surface area contributed by atoms with Crippen molar-refractivity contribution in [1.82, 2.24) is 14.8 Å². The monoisotopic (exact) mass is 428 g/mol. The summed E-state index contributed by atoms with van der Waals surface area (Å²) in [6.45, 7) is 0. The lowest BCUT2D eigenvalue weighted by Gasteiger charge is -2.34. The van der Waals surface area contributed by atoms with Crippen LogP contribution in [0.5, 0.6) is 11.5 Å². The summed E-state index contributed by atoms with van der Waals surface area (Å²) in [7, 11) is 3.23. The van der Waals surface area contributed by atoms with Gasteiger partial charge < -0.3 is 14.8 Å². The molecule has 7 nitrogen and oxygen atoms in total. The van der Waals surface area contributed by atoms with Gasteiger partial charge in [-0.05, 0) is 30.0 Å². The van der Waals surface area contributed by atoms with Gasteiger partial charge >= 0.3 is 0 Å². The van der Waals surface area contributed by atoms with Gasteiger partial charge in [0.25, 0.3) is 0 Å². The first-order valence-electron chi connectivity index (χ1n) is 10.6. The Morgan fingerprint density at radius 1 is 1.09 bits per heavy atom. The molecule has 0 unspecified atom stereocenters. The highest BCUT2D eigenvalue weighted by atomic mass is 16.5. The maximum absolute atomic E-state index is 13.4. The third kappa shape index (κ3) is 3.56. The van der Waals surface area contributed by atoms with Gasteiger partial charge in [0.1, 0.15) is 23.9 Å². The molecule has 2 atom stereocenters. The second-order valence-corrected chi connectivity index (χ2v) is 7.92. The summed E-state index contributed by atoms with van der Waals surface area (Å²) in [6.07, 6.45) is 6.88. The molecule has 7 heteroatoms. The van der Waals surface area contributed by atoms with Crippen LogP contribution in [0.3, 0.4) is 0 Å². The highest BCUT2D eigenvalue weighted by molar-refractivity contribution is 6.00. The van der Waals surface area contributed by atoms with E-state index in [2.05, 4.69) is 39.7 Å². The van der Waals surface area contributed by atoms with Crippen LogP contribution in [0.1, 0.15) is 30.0 Å². The fourth-order valence-electron chi connectivity index (χ4n) is 4.46. The van der Waals surface area contributed by atoms with Crippen LogP contribution in [0, 0.1) is 5.92 Å². The van der Waals surface area contributed by atoms with Gasteiger partial charge in [-0.1, -0.05) is 42.5 Å². The van der Waals surface area contributed by atoms with E-state index in [0.29, 0.717) is 23.9 Å². The van der Waals surface area contributed by atoms with Gasteiger partial charge in [0, 0.05) is 29.3 Å². The molecule has 0 fully saturated rings. The van der Waals surface area contributed by atoms with Crippen molar-refractivity contribution in [3.05, 3.63) is 83.3 Å². The highest BCUT2D eigenvalue weighted by Gasteiger charge is 2.39. The van der Waals surface area contributed by atoms with E-state index >= 15 is 0 Å². The first kappa shape index (κ1) is 20.1. The Bertz CT molecular complexity index is 1210. The van der Waals surface area contributed by atoms with Crippen LogP contribution >= 0.6 is 0 Å². The predicted molar refractivity (Wildman–Crippen MR) is 122 cm³/mol. The van der Waals surface area contributed by atoms with E-state index in [1.54, 1.807) is 18.9 Å². The lowest BCUT2D eigenvalue weighted by atomic mass is 9.80. The SMILES string of the molecule is COc1ccc([C@@H]2C3=C(C[C@H](/C=C/c4ccccc4)CC3=O)Nc3ncnn32)c(OC)c1. The Labute approximate surface area is 186 Å². The van der Waals surface area contributed by atoms with Crippen molar-refractivity contribution in [2.24, 2.45) is 5.92 Å². The molecule has 1 aromatic heterocycles. The average molecular weight is 428 g/mol. The number of nitrogens with one attached hydrogen (secondary N) is 1. The fourth-order valence-corrected chi connectivity index (χ4v) is 4.46. The van der Waals surface area contributed by atoms with Crippen molar-refractivity contribution in [2.45, 2.75) is 18.9 Å². The topological polar surface area (TPSA) is 78.3 Å². The van der Waals surface area contributed by atoms with E-state index in [0.717, 1.165) is 28.8 Å². The highest BCUT2D eigenvalue weighted by Crippen LogP contribution is 2.44. The minimum Gasteiger partial charge on any atom is -0.497 e. The van der Waals surface area contributed by atoms with Gasteiger partial charge in [0.15, 0.2) is 5.78 Å². The molecule has 1 aliphatic heterocycles. The summed E-state index contributed by atoms with van der Waals surface area (Å²) >= 11 is 0. The van der Waals surface area contributed by atoms with E-state index in [-0.39, 0.29) is 11.7 Å². The molecule has 32 heavy (non-hydrogen) atoms. The van der Waals surface area contributed by atoms with E-state index in [1.165, 1.54) is 6.33 Å². The second-order valence-electron chi connectivity index (χ2n) is 7.92. The van der Waals surface area contributed by atoms with Gasteiger partial charge in [0.2, 0.25) is 5.95 Å². The molecule has 2 aromatic carbocycles. The van der Waals surface area contributed by atoms with Crippen LogP contribution in [0.2, 0.25) is 0 Å². The number of methoxy groups -OCH3 is 2. The predicted octanol–water partition coefficient (Wildman–Crippen LogP) is 4.26. The number of hydrogen-bond donors (Lipinski definition) is 1. The van der Waals surface area contributed by atoms with Crippen molar-refractivity contribution in [2.75, 3.05) is 19.5 Å². The zero-order valence-electron chi connectivity index (χ0n) is 18.0. The molecule has 5 rings (SSSR count). The smallest absolute Gasteiger partial charge is 0.226 e. The molecule has 3 aromatic rings. The molecule has 2 aliphatic rings. The van der Waals surface area contributed by atoms with E-state index in [9.17, 15) is 4.79 Å². The summed E-state index contributed by atoms with van der Waals surface area (Å²) in [5.41, 5.74) is 3.58. The largest absolute Gasteiger partial charge is 0.497 e. The first-order valence-corrected chi connectivity index (χ1v) is 10.6. The molecule has 0 saturated heterocycles. The number of fused-ring (bicyclic) bond motifs is 1. The number of ether oxygens (including phenoxy) is 2. The van der Waals surface area contributed by atoms with E-state index < -0.39 is 6.04 Å². The number of anilines is 1. The van der Waals surface area contributed by atoms with Crippen LogP contribution in [0.25, 0.3) is 6.08 Å². The van der Waals surface area contributed by atoms with Crippen LogP contribution in [0.4, 0.5) is 5.95 Å². The van der Waals surface area contributed by atoms with Gasteiger partial charge in [0.05, 0.1) is 14.2 Å². The maximum atomic E-state index is 13.4. The van der Waals surface area contributed by atoms with Gasteiger partial charge in [-0.25, -0.2) is 4.68 Å². The number of benzene rings is 2. The number of ketones is 1. The summed E-state index contributed by atoms with van der Waals surface area (Å²) in [5.74, 6) is 2.16. The lowest BCUT2D eigenvalue weighted by molar-refractivity contribution is -0.117. The average Bonchev–Trinajstić information content (AvgIpc) is 3.30. The number of hydrogen-bond acceptors (Lipinski definition) is 6. The molecule has 162 valence electrons. The number of rotatable bonds is 5. The van der Waals surface area contributed by atoms with Crippen LogP contribution in [0.15, 0.2) is 72.2 Å². The Morgan fingerprint density at radius 3 is 2.72 bits per heavy atom. The van der Waals surface area contributed by atoms with Crippen molar-refractivity contribution in [1.29, 1.82) is 0 Å². The Kier molecular flexibility index (Phi) is 5.23. The van der Waals surface area contributed by atoms with Crippen LogP contribution in [-0.4, -0.2) is 34.8 Å². The normalized spacial score (nSPS) is 20.0. The molecule has 1 N–H and O–H groups in total. The molecular weight excluding hydrogens is 404 g/mol. The number of carbonyl (C=O) groups excluding carboxylic acids is 1. The molecule has 0 spiro atoms. The fraction of sp³-hybridized carbons (Fsp3) is 0.240. The second kappa shape index (κ2) is 8.34. The molecule has 0 bridgehead atoms. The quantitative estimate of drug-likeness (QED) is 0.654. The van der Waals surface area contributed by atoms with Crippen molar-refractivity contribution >= 4 is 17.8 Å². The first-order chi connectivity index (χ1) is 15.7. The number of nitrogens with zero attached hydrogens (tertiary/aromatic N) is 3. The van der Waals surface area contributed by atoms with Crippen molar-refractivity contribution < 1.29 is 14.3 Å². The summed E-state index contributed by atoms with van der Waals surface area (Å²) in [6, 6.07) is 15.3.